The number of aliphatic hydroxyl groups is 2. The Balaban J connectivity index is 0.00000169. The van der Waals surface area contributed by atoms with Crippen molar-refractivity contribution in [1.82, 2.24) is 4.98 Å². The lowest BCUT2D eigenvalue weighted by molar-refractivity contribution is -0.0388. The van der Waals surface area contributed by atoms with E-state index < -0.39 is 30.4 Å². The lowest BCUT2D eigenvalue weighted by Gasteiger charge is -2.04. The number of aromatic nitrogens is 1. The van der Waals surface area contributed by atoms with Crippen LogP contribution in [0.2, 0.25) is 0 Å². The minimum absolute atomic E-state index is 0. The Hall–Kier alpha value is -1.18. The molecule has 7 heteroatoms. The van der Waals surface area contributed by atoms with Gasteiger partial charge < -0.3 is 15.7 Å². The minimum atomic E-state index is -1.82. The molecule has 4 N–H and O–H groups in total. The molecule has 0 aromatic carbocycles. The van der Waals surface area contributed by atoms with Crippen LogP contribution < -0.4 is 0 Å². The molecule has 0 saturated carbocycles. The summed E-state index contributed by atoms with van der Waals surface area (Å²) < 4.78 is 37.3. The molecular weight excluding hydrogens is 203 g/mol. The van der Waals surface area contributed by atoms with E-state index in [2.05, 4.69) is 4.98 Å². The van der Waals surface area contributed by atoms with Crippen LogP contribution in [0.5, 0.6) is 0 Å². The number of aliphatic hydroxyl groups excluding tert-OH is 1. The fourth-order valence-electron chi connectivity index (χ4n) is 0.823. The zero-order valence-electron chi connectivity index (χ0n) is 6.84. The quantitative estimate of drug-likeness (QED) is 0.512. The number of hydrogen-bond donors (Lipinski definition) is 2. The van der Waals surface area contributed by atoms with E-state index in [1.165, 1.54) is 0 Å². The Labute approximate surface area is 76.9 Å². The summed E-state index contributed by atoms with van der Waals surface area (Å²) >= 11 is 0. The van der Waals surface area contributed by atoms with E-state index >= 15 is 0 Å². The molecule has 0 fully saturated rings. The Morgan fingerprint density at radius 3 is 2.29 bits per heavy atom. The van der Waals surface area contributed by atoms with Crippen LogP contribution in [-0.2, 0) is 6.42 Å². The molecule has 14 heavy (non-hydrogen) atoms. The molecule has 1 rings (SSSR count). The zero-order chi connectivity index (χ0) is 10.0. The van der Waals surface area contributed by atoms with Crippen molar-refractivity contribution in [2.75, 3.05) is 0 Å². The molecule has 0 unspecified atom stereocenters. The number of rotatable bonds is 2. The fourth-order valence-corrected chi connectivity index (χ4v) is 0.823. The van der Waals surface area contributed by atoms with Crippen LogP contribution >= 0.6 is 0 Å². The summed E-state index contributed by atoms with van der Waals surface area (Å²) in [7, 11) is 0. The van der Waals surface area contributed by atoms with Gasteiger partial charge in [0.25, 0.3) is 5.95 Å². The number of nitrogens with zero attached hydrogens (tertiary/aromatic N) is 1. The second-order valence-corrected chi connectivity index (χ2v) is 2.40. The molecule has 1 heterocycles. The van der Waals surface area contributed by atoms with Crippen molar-refractivity contribution in [2.24, 2.45) is 0 Å². The first-order chi connectivity index (χ1) is 6.00. The van der Waals surface area contributed by atoms with Gasteiger partial charge >= 0.3 is 0 Å². The number of pyridine rings is 1. The van der Waals surface area contributed by atoms with Crippen molar-refractivity contribution in [3.05, 3.63) is 29.3 Å². The van der Waals surface area contributed by atoms with Crippen molar-refractivity contribution in [3.63, 3.8) is 0 Å². The Bertz CT molecular complexity index is 319. The molecule has 1 aromatic rings. The summed E-state index contributed by atoms with van der Waals surface area (Å²) in [4.78, 5) is 2.60. The fraction of sp³-hybridized carbons (Fsp3) is 0.286. The molecule has 0 saturated heterocycles. The normalized spacial score (nSPS) is 10.1. The van der Waals surface area contributed by atoms with Gasteiger partial charge in [0.05, 0.1) is 0 Å². The van der Waals surface area contributed by atoms with E-state index in [-0.39, 0.29) is 11.0 Å². The molecule has 80 valence electrons. The van der Waals surface area contributed by atoms with Crippen molar-refractivity contribution >= 4 is 0 Å². The molecule has 1 aromatic heterocycles. The summed E-state index contributed by atoms with van der Waals surface area (Å²) in [6.45, 7) is 0. The van der Waals surface area contributed by atoms with Crippen molar-refractivity contribution < 1.29 is 28.9 Å². The largest absolute Gasteiger partial charge is 0.412 e. The van der Waals surface area contributed by atoms with Crippen LogP contribution in [-0.4, -0.2) is 27.0 Å². The van der Waals surface area contributed by atoms with E-state index in [4.69, 9.17) is 10.2 Å². The predicted molar refractivity (Wildman–Crippen MR) is 39.7 cm³/mol. The summed E-state index contributed by atoms with van der Waals surface area (Å²) in [6, 6.07) is 0.539. The molecule has 0 amide bonds. The highest BCUT2D eigenvalue weighted by Gasteiger charge is 2.13. The Morgan fingerprint density at radius 1 is 1.21 bits per heavy atom. The highest BCUT2D eigenvalue weighted by molar-refractivity contribution is 5.13. The SMILES string of the molecule is O.OC(O)Cc1cc(F)c(F)nc1F. The molecule has 0 radical (unpaired) electrons. The zero-order valence-corrected chi connectivity index (χ0v) is 6.84. The number of hydrogen-bond acceptors (Lipinski definition) is 3. The smallest absolute Gasteiger partial charge is 0.251 e. The van der Waals surface area contributed by atoms with Crippen LogP contribution in [0.25, 0.3) is 0 Å². The third-order valence-corrected chi connectivity index (χ3v) is 1.36. The van der Waals surface area contributed by atoms with Crippen LogP contribution in [0.1, 0.15) is 5.56 Å². The van der Waals surface area contributed by atoms with Gasteiger partial charge in [0, 0.05) is 12.0 Å². The molecule has 0 atom stereocenters. The number of halogens is 3. The third kappa shape index (κ3) is 2.95. The third-order valence-electron chi connectivity index (χ3n) is 1.36. The lowest BCUT2D eigenvalue weighted by atomic mass is 10.2. The van der Waals surface area contributed by atoms with E-state index in [0.29, 0.717) is 6.07 Å². The van der Waals surface area contributed by atoms with Gasteiger partial charge in [-0.05, 0) is 6.07 Å². The molecule has 0 spiro atoms. The minimum Gasteiger partial charge on any atom is -0.412 e. The molecular formula is C7H8F3NO3. The van der Waals surface area contributed by atoms with Crippen molar-refractivity contribution in [1.29, 1.82) is 0 Å². The Kier molecular flexibility index (Phi) is 4.48. The maximum atomic E-state index is 12.7. The van der Waals surface area contributed by atoms with Crippen molar-refractivity contribution in [2.45, 2.75) is 12.7 Å². The van der Waals surface area contributed by atoms with Gasteiger partial charge in [0.1, 0.15) is 0 Å². The standard InChI is InChI=1S/C7H6F3NO2.H2O/c8-4-1-3(2-5(12)13)6(9)11-7(4)10;/h1,5,12-13H,2H2;1H2. The molecule has 4 nitrogen and oxygen atoms in total. The average molecular weight is 211 g/mol. The average Bonchev–Trinajstić information content (AvgIpc) is 1.99. The van der Waals surface area contributed by atoms with Crippen LogP contribution in [0, 0.1) is 17.7 Å². The van der Waals surface area contributed by atoms with Gasteiger partial charge in [-0.1, -0.05) is 0 Å². The maximum Gasteiger partial charge on any atom is 0.251 e. The van der Waals surface area contributed by atoms with Crippen molar-refractivity contribution in [3.8, 4) is 0 Å². The van der Waals surface area contributed by atoms with E-state index in [9.17, 15) is 13.2 Å². The van der Waals surface area contributed by atoms with Crippen LogP contribution in [0.15, 0.2) is 6.07 Å². The summed E-state index contributed by atoms with van der Waals surface area (Å²) in [5, 5.41) is 16.9. The Morgan fingerprint density at radius 2 is 1.79 bits per heavy atom. The first-order valence-corrected chi connectivity index (χ1v) is 3.37. The maximum absolute atomic E-state index is 12.7. The molecule has 0 bridgehead atoms. The van der Waals surface area contributed by atoms with E-state index in [1.54, 1.807) is 0 Å². The van der Waals surface area contributed by atoms with Gasteiger partial charge in [-0.3, -0.25) is 0 Å². The topological polar surface area (TPSA) is 84.9 Å². The highest BCUT2D eigenvalue weighted by atomic mass is 19.2. The first kappa shape index (κ1) is 12.8. The summed E-state index contributed by atoms with van der Waals surface area (Å²) in [5.41, 5.74) is -0.381. The summed E-state index contributed by atoms with van der Waals surface area (Å²) in [6.07, 6.45) is -2.35. The molecule has 0 aliphatic rings. The van der Waals surface area contributed by atoms with Crippen LogP contribution in [0.3, 0.4) is 0 Å². The second kappa shape index (κ2) is 4.89. The van der Waals surface area contributed by atoms with Gasteiger partial charge in [-0.25, -0.2) is 4.39 Å². The van der Waals surface area contributed by atoms with E-state index in [0.717, 1.165) is 0 Å². The van der Waals surface area contributed by atoms with Gasteiger partial charge in [0.15, 0.2) is 12.1 Å². The second-order valence-electron chi connectivity index (χ2n) is 2.40. The van der Waals surface area contributed by atoms with Gasteiger partial charge in [0.2, 0.25) is 5.95 Å². The highest BCUT2D eigenvalue weighted by Crippen LogP contribution is 2.11. The van der Waals surface area contributed by atoms with E-state index in [1.807, 2.05) is 0 Å². The monoisotopic (exact) mass is 211 g/mol. The van der Waals surface area contributed by atoms with Gasteiger partial charge in [-0.15, -0.1) is 0 Å². The van der Waals surface area contributed by atoms with Gasteiger partial charge in [-0.2, -0.15) is 13.8 Å². The van der Waals surface area contributed by atoms with Crippen LogP contribution in [0.4, 0.5) is 13.2 Å². The lowest BCUT2D eigenvalue weighted by Crippen LogP contribution is -2.11. The summed E-state index contributed by atoms with van der Waals surface area (Å²) in [5.74, 6) is -4.11. The molecule has 0 aliphatic heterocycles. The molecule has 0 aliphatic carbocycles. The predicted octanol–water partition coefficient (Wildman–Crippen LogP) is -0.473. The first-order valence-electron chi connectivity index (χ1n) is 3.37.